The second-order valence-electron chi connectivity index (χ2n) is 2.76. The molecule has 0 aliphatic heterocycles. The monoisotopic (exact) mass is 195 g/mol. The maximum absolute atomic E-state index is 10.2. The molecule has 5 N–H and O–H groups in total. The number of hydrogen-bond donors (Lipinski definition) is 3. The van der Waals surface area contributed by atoms with Crippen LogP contribution in [0.2, 0.25) is 0 Å². The first-order chi connectivity index (χ1) is 6.77. The summed E-state index contributed by atoms with van der Waals surface area (Å²) in [5.74, 6) is 0.765. The van der Waals surface area contributed by atoms with Crippen LogP contribution in [0.5, 0.6) is 0 Å². The standard InChI is InChI=1S/C8H13N5O/c9-4-1-5-11-7-3-2-6(13-14)8(10)12-7/h2-3H,1,4-5,9H2,(H3,10,11,12). The zero-order valence-corrected chi connectivity index (χ0v) is 7.73. The Hall–Kier alpha value is -1.69. The summed E-state index contributed by atoms with van der Waals surface area (Å²) in [6, 6.07) is 3.18. The maximum atomic E-state index is 10.2. The van der Waals surface area contributed by atoms with Gasteiger partial charge in [0.2, 0.25) is 0 Å². The lowest BCUT2D eigenvalue weighted by Crippen LogP contribution is -2.09. The Kier molecular flexibility index (Phi) is 3.81. The minimum Gasteiger partial charge on any atom is -0.382 e. The van der Waals surface area contributed by atoms with Crippen LogP contribution in [0.1, 0.15) is 6.42 Å². The van der Waals surface area contributed by atoms with Gasteiger partial charge in [0, 0.05) is 6.54 Å². The Morgan fingerprint density at radius 1 is 1.50 bits per heavy atom. The van der Waals surface area contributed by atoms with Crippen molar-refractivity contribution in [3.05, 3.63) is 17.0 Å². The van der Waals surface area contributed by atoms with E-state index < -0.39 is 0 Å². The smallest absolute Gasteiger partial charge is 0.155 e. The SMILES string of the molecule is NCCCNc1ccc(N=O)c(N)n1. The normalized spacial score (nSPS) is 9.79. The van der Waals surface area contributed by atoms with E-state index >= 15 is 0 Å². The predicted molar refractivity (Wildman–Crippen MR) is 56.3 cm³/mol. The van der Waals surface area contributed by atoms with E-state index in [-0.39, 0.29) is 11.5 Å². The average Bonchev–Trinajstić information content (AvgIpc) is 2.18. The van der Waals surface area contributed by atoms with Gasteiger partial charge in [-0.1, -0.05) is 0 Å². The molecule has 0 fully saturated rings. The van der Waals surface area contributed by atoms with Crippen molar-refractivity contribution in [1.82, 2.24) is 4.98 Å². The van der Waals surface area contributed by atoms with Crippen LogP contribution >= 0.6 is 0 Å². The zero-order chi connectivity index (χ0) is 10.4. The molecule has 76 valence electrons. The lowest BCUT2D eigenvalue weighted by atomic mass is 10.3. The minimum absolute atomic E-state index is 0.137. The summed E-state index contributed by atoms with van der Waals surface area (Å²) in [4.78, 5) is 14.1. The number of nitrogen functional groups attached to an aromatic ring is 1. The van der Waals surface area contributed by atoms with Gasteiger partial charge < -0.3 is 16.8 Å². The third-order valence-corrected chi connectivity index (χ3v) is 1.69. The highest BCUT2D eigenvalue weighted by atomic mass is 16.3. The first-order valence-electron chi connectivity index (χ1n) is 4.31. The molecule has 0 amide bonds. The van der Waals surface area contributed by atoms with E-state index in [0.717, 1.165) is 13.0 Å². The molecule has 1 heterocycles. The van der Waals surface area contributed by atoms with E-state index in [0.29, 0.717) is 12.4 Å². The number of nitroso groups, excluding NO2 is 1. The Labute approximate surface area is 81.7 Å². The minimum atomic E-state index is 0.137. The van der Waals surface area contributed by atoms with Crippen molar-refractivity contribution in [3.8, 4) is 0 Å². The van der Waals surface area contributed by atoms with E-state index in [9.17, 15) is 4.91 Å². The second-order valence-corrected chi connectivity index (χ2v) is 2.76. The third-order valence-electron chi connectivity index (χ3n) is 1.69. The molecular formula is C8H13N5O. The lowest BCUT2D eigenvalue weighted by molar-refractivity contribution is 0.870. The van der Waals surface area contributed by atoms with E-state index in [2.05, 4.69) is 15.5 Å². The molecule has 1 rings (SSSR count). The molecule has 0 aromatic carbocycles. The Bertz CT molecular complexity index is 315. The molecule has 0 unspecified atom stereocenters. The van der Waals surface area contributed by atoms with Gasteiger partial charge in [0.1, 0.15) is 11.5 Å². The van der Waals surface area contributed by atoms with Crippen LogP contribution < -0.4 is 16.8 Å². The Balaban J connectivity index is 2.62. The summed E-state index contributed by atoms with van der Waals surface area (Å²) in [5, 5.41) is 5.75. The zero-order valence-electron chi connectivity index (χ0n) is 7.73. The van der Waals surface area contributed by atoms with Crippen molar-refractivity contribution < 1.29 is 0 Å². The van der Waals surface area contributed by atoms with Gasteiger partial charge in [-0.25, -0.2) is 4.98 Å². The van der Waals surface area contributed by atoms with Crippen LogP contribution in [0, 0.1) is 4.91 Å². The number of nitrogens with two attached hydrogens (primary N) is 2. The summed E-state index contributed by atoms with van der Waals surface area (Å²) < 4.78 is 0. The van der Waals surface area contributed by atoms with Crippen molar-refractivity contribution in [3.63, 3.8) is 0 Å². The van der Waals surface area contributed by atoms with Crippen LogP contribution in [0.15, 0.2) is 17.3 Å². The van der Waals surface area contributed by atoms with Gasteiger partial charge in [-0.15, -0.1) is 4.91 Å². The van der Waals surface area contributed by atoms with Gasteiger partial charge in [0.05, 0.1) is 0 Å². The lowest BCUT2D eigenvalue weighted by Gasteiger charge is -2.05. The molecule has 0 saturated heterocycles. The largest absolute Gasteiger partial charge is 0.382 e. The van der Waals surface area contributed by atoms with E-state index in [1.54, 1.807) is 6.07 Å². The molecule has 0 aliphatic rings. The quantitative estimate of drug-likeness (QED) is 0.476. The highest BCUT2D eigenvalue weighted by Crippen LogP contribution is 2.20. The number of pyridine rings is 1. The number of aromatic nitrogens is 1. The first-order valence-corrected chi connectivity index (χ1v) is 4.31. The number of nitrogens with zero attached hydrogens (tertiary/aromatic N) is 2. The van der Waals surface area contributed by atoms with Crippen molar-refractivity contribution in [1.29, 1.82) is 0 Å². The fourth-order valence-corrected chi connectivity index (χ4v) is 0.962. The molecule has 1 aromatic heterocycles. The summed E-state index contributed by atoms with van der Waals surface area (Å²) >= 11 is 0. The van der Waals surface area contributed by atoms with Crippen LogP contribution in [0.4, 0.5) is 17.3 Å². The van der Waals surface area contributed by atoms with Crippen molar-refractivity contribution in [2.75, 3.05) is 24.1 Å². The molecule has 0 bridgehead atoms. The van der Waals surface area contributed by atoms with Crippen LogP contribution in [0.25, 0.3) is 0 Å². The molecule has 6 nitrogen and oxygen atoms in total. The summed E-state index contributed by atoms with van der Waals surface area (Å²) in [5.41, 5.74) is 11.0. The number of hydrogen-bond acceptors (Lipinski definition) is 6. The molecule has 0 aliphatic carbocycles. The van der Waals surface area contributed by atoms with Crippen molar-refractivity contribution >= 4 is 17.3 Å². The third kappa shape index (κ3) is 2.67. The summed E-state index contributed by atoms with van der Waals surface area (Å²) in [6.07, 6.45) is 0.856. The van der Waals surface area contributed by atoms with Crippen molar-refractivity contribution in [2.24, 2.45) is 10.9 Å². The molecule has 6 heteroatoms. The summed E-state index contributed by atoms with van der Waals surface area (Å²) in [7, 11) is 0. The molecule has 0 saturated carbocycles. The molecule has 1 aromatic rings. The fourth-order valence-electron chi connectivity index (χ4n) is 0.962. The Morgan fingerprint density at radius 3 is 2.86 bits per heavy atom. The van der Waals surface area contributed by atoms with Crippen LogP contribution in [-0.4, -0.2) is 18.1 Å². The molecular weight excluding hydrogens is 182 g/mol. The molecule has 0 spiro atoms. The van der Waals surface area contributed by atoms with Gasteiger partial charge in [0.25, 0.3) is 0 Å². The number of anilines is 2. The van der Waals surface area contributed by atoms with Gasteiger partial charge in [-0.3, -0.25) is 0 Å². The summed E-state index contributed by atoms with van der Waals surface area (Å²) in [6.45, 7) is 1.35. The highest BCUT2D eigenvalue weighted by molar-refractivity contribution is 5.60. The topological polar surface area (TPSA) is 106 Å². The number of rotatable bonds is 5. The number of nitrogens with one attached hydrogen (secondary N) is 1. The van der Waals surface area contributed by atoms with Crippen LogP contribution in [0.3, 0.4) is 0 Å². The van der Waals surface area contributed by atoms with Gasteiger partial charge in [-0.05, 0) is 30.3 Å². The van der Waals surface area contributed by atoms with Gasteiger partial charge in [0.15, 0.2) is 5.82 Å². The second kappa shape index (κ2) is 5.13. The first kappa shape index (κ1) is 10.4. The fraction of sp³-hybridized carbons (Fsp3) is 0.375. The van der Waals surface area contributed by atoms with Gasteiger partial charge in [-0.2, -0.15) is 0 Å². The molecule has 0 radical (unpaired) electrons. The van der Waals surface area contributed by atoms with E-state index in [1.165, 1.54) is 6.07 Å². The molecule has 14 heavy (non-hydrogen) atoms. The predicted octanol–water partition coefficient (Wildman–Crippen LogP) is 0.822. The van der Waals surface area contributed by atoms with Gasteiger partial charge >= 0.3 is 0 Å². The highest BCUT2D eigenvalue weighted by Gasteiger charge is 2.01. The Morgan fingerprint density at radius 2 is 2.29 bits per heavy atom. The van der Waals surface area contributed by atoms with Crippen LogP contribution in [-0.2, 0) is 0 Å². The average molecular weight is 195 g/mol. The molecule has 0 atom stereocenters. The maximum Gasteiger partial charge on any atom is 0.155 e. The van der Waals surface area contributed by atoms with E-state index in [1.807, 2.05) is 0 Å². The van der Waals surface area contributed by atoms with E-state index in [4.69, 9.17) is 11.5 Å². The van der Waals surface area contributed by atoms with Crippen molar-refractivity contribution in [2.45, 2.75) is 6.42 Å².